The summed E-state index contributed by atoms with van der Waals surface area (Å²) in [4.78, 5) is 47.2. The molecule has 0 spiro atoms. The van der Waals surface area contributed by atoms with E-state index >= 15 is 0 Å². The van der Waals surface area contributed by atoms with E-state index in [0.717, 1.165) is 18.2 Å². The topological polar surface area (TPSA) is 137 Å². The molecule has 1 heterocycles. The Labute approximate surface area is 175 Å². The number of nitrogens with one attached hydrogen (secondary N) is 1. The fourth-order valence-corrected chi connectivity index (χ4v) is 2.80. The number of hydrogen-bond acceptors (Lipinski definition) is 8. The fourth-order valence-electron chi connectivity index (χ4n) is 2.80. The second-order valence-corrected chi connectivity index (χ2v) is 6.17. The Kier molecular flexibility index (Phi) is 6.15. The number of carbonyl (C=O) groups is 3. The Bertz CT molecular complexity index is 1080. The Morgan fingerprint density at radius 1 is 1.19 bits per heavy atom. The number of para-hydroxylation sites is 1. The highest BCUT2D eigenvalue weighted by molar-refractivity contribution is 6.31. The maximum Gasteiger partial charge on any atom is 0.343 e. The van der Waals surface area contributed by atoms with Gasteiger partial charge in [0.2, 0.25) is 5.75 Å². The molecular formula is C20H17N3O8. The van der Waals surface area contributed by atoms with Crippen LogP contribution in [-0.4, -0.2) is 43.5 Å². The maximum absolute atomic E-state index is 12.7. The van der Waals surface area contributed by atoms with Gasteiger partial charge in [-0.05, 0) is 29.8 Å². The van der Waals surface area contributed by atoms with E-state index in [9.17, 15) is 24.5 Å². The SMILES string of the molecule is COC(=O)COc1c(OC)cc(/C=C2/C(=O)NN(c3ccccc3)C2=O)cc1[N+](=O)[O-]. The van der Waals surface area contributed by atoms with Crippen LogP contribution in [0.4, 0.5) is 11.4 Å². The molecule has 1 fully saturated rings. The van der Waals surface area contributed by atoms with Crippen molar-refractivity contribution in [3.8, 4) is 11.5 Å². The first-order valence-corrected chi connectivity index (χ1v) is 8.84. The molecule has 0 atom stereocenters. The summed E-state index contributed by atoms with van der Waals surface area (Å²) in [5.74, 6) is -2.37. The van der Waals surface area contributed by atoms with Crippen LogP contribution in [0.25, 0.3) is 6.08 Å². The molecule has 0 aliphatic carbocycles. The van der Waals surface area contributed by atoms with Crippen molar-refractivity contribution in [1.29, 1.82) is 0 Å². The van der Waals surface area contributed by atoms with Gasteiger partial charge in [-0.25, -0.2) is 9.80 Å². The predicted molar refractivity (Wildman–Crippen MR) is 107 cm³/mol. The van der Waals surface area contributed by atoms with Gasteiger partial charge in [0.05, 0.1) is 24.8 Å². The number of benzene rings is 2. The first-order chi connectivity index (χ1) is 14.8. The van der Waals surface area contributed by atoms with Crippen molar-refractivity contribution in [2.75, 3.05) is 25.8 Å². The van der Waals surface area contributed by atoms with Gasteiger partial charge in [0.1, 0.15) is 5.57 Å². The van der Waals surface area contributed by atoms with Crippen molar-refractivity contribution in [3.05, 3.63) is 63.7 Å². The van der Waals surface area contributed by atoms with Crippen molar-refractivity contribution in [2.45, 2.75) is 0 Å². The zero-order valence-electron chi connectivity index (χ0n) is 16.5. The molecule has 11 nitrogen and oxygen atoms in total. The number of ether oxygens (including phenoxy) is 3. The van der Waals surface area contributed by atoms with Gasteiger partial charge in [0, 0.05) is 6.07 Å². The van der Waals surface area contributed by atoms with E-state index in [1.54, 1.807) is 30.3 Å². The van der Waals surface area contributed by atoms with Crippen LogP contribution in [0.5, 0.6) is 11.5 Å². The lowest BCUT2D eigenvalue weighted by atomic mass is 10.1. The van der Waals surface area contributed by atoms with Crippen LogP contribution < -0.4 is 19.9 Å². The Morgan fingerprint density at radius 2 is 1.90 bits per heavy atom. The number of carbonyl (C=O) groups excluding carboxylic acids is 3. The molecule has 2 amide bonds. The van der Waals surface area contributed by atoms with Gasteiger partial charge in [-0.3, -0.25) is 25.1 Å². The molecule has 2 aromatic rings. The van der Waals surface area contributed by atoms with Crippen LogP contribution in [-0.2, 0) is 19.1 Å². The molecule has 1 saturated heterocycles. The van der Waals surface area contributed by atoms with Gasteiger partial charge in [-0.2, -0.15) is 0 Å². The lowest BCUT2D eigenvalue weighted by Gasteiger charge is -2.14. The zero-order valence-corrected chi connectivity index (χ0v) is 16.5. The molecule has 1 aliphatic rings. The third-order valence-electron chi connectivity index (χ3n) is 4.25. The summed E-state index contributed by atoms with van der Waals surface area (Å²) in [6.45, 7) is -0.568. The van der Waals surface area contributed by atoms with Gasteiger partial charge >= 0.3 is 11.7 Å². The minimum absolute atomic E-state index is 0.0595. The number of rotatable bonds is 7. The number of nitro groups is 1. The molecule has 1 N–H and O–H groups in total. The highest BCUT2D eigenvalue weighted by Gasteiger charge is 2.34. The standard InChI is InChI=1S/C20H17N3O8/c1-29-16-10-12(9-15(23(27)28)18(16)31-11-17(24)30-2)8-14-19(25)21-22(20(14)26)13-6-4-3-5-7-13/h3-10H,11H2,1-2H3,(H,21,25)/b14-8-. The lowest BCUT2D eigenvalue weighted by Crippen LogP contribution is -2.35. The summed E-state index contributed by atoms with van der Waals surface area (Å²) in [6, 6.07) is 10.9. The van der Waals surface area contributed by atoms with Crippen LogP contribution >= 0.6 is 0 Å². The third kappa shape index (κ3) is 4.45. The number of anilines is 1. The quantitative estimate of drug-likeness (QED) is 0.231. The lowest BCUT2D eigenvalue weighted by molar-refractivity contribution is -0.385. The van der Waals surface area contributed by atoms with E-state index in [4.69, 9.17) is 9.47 Å². The number of esters is 1. The largest absolute Gasteiger partial charge is 0.493 e. The van der Waals surface area contributed by atoms with Gasteiger partial charge in [-0.15, -0.1) is 0 Å². The minimum atomic E-state index is -0.739. The van der Waals surface area contributed by atoms with Crippen molar-refractivity contribution >= 4 is 35.2 Å². The third-order valence-corrected chi connectivity index (χ3v) is 4.25. The monoisotopic (exact) mass is 427 g/mol. The molecule has 31 heavy (non-hydrogen) atoms. The molecule has 0 radical (unpaired) electrons. The molecule has 1 aliphatic heterocycles. The van der Waals surface area contributed by atoms with Crippen LogP contribution in [0.15, 0.2) is 48.0 Å². The van der Waals surface area contributed by atoms with Crippen molar-refractivity contribution < 1.29 is 33.5 Å². The van der Waals surface area contributed by atoms with Crippen LogP contribution in [0, 0.1) is 10.1 Å². The van der Waals surface area contributed by atoms with Gasteiger partial charge < -0.3 is 14.2 Å². The molecule has 0 bridgehead atoms. The van der Waals surface area contributed by atoms with Crippen LogP contribution in [0.1, 0.15) is 5.56 Å². The van der Waals surface area contributed by atoms with Gasteiger partial charge in [0.25, 0.3) is 11.8 Å². The van der Waals surface area contributed by atoms with Gasteiger partial charge in [-0.1, -0.05) is 18.2 Å². The number of methoxy groups -OCH3 is 2. The van der Waals surface area contributed by atoms with Gasteiger partial charge in [0.15, 0.2) is 12.4 Å². The average Bonchev–Trinajstić information content (AvgIpc) is 3.06. The second kappa shape index (κ2) is 8.95. The zero-order chi connectivity index (χ0) is 22.5. The van der Waals surface area contributed by atoms with Crippen molar-refractivity contribution in [2.24, 2.45) is 0 Å². The fraction of sp³-hybridized carbons (Fsp3) is 0.150. The smallest absolute Gasteiger partial charge is 0.343 e. The Balaban J connectivity index is 1.99. The number of hydrogen-bond donors (Lipinski definition) is 1. The summed E-state index contributed by atoms with van der Waals surface area (Å²) in [7, 11) is 2.40. The van der Waals surface area contributed by atoms with Crippen LogP contribution in [0.2, 0.25) is 0 Å². The van der Waals surface area contributed by atoms with Crippen LogP contribution in [0.3, 0.4) is 0 Å². The average molecular weight is 427 g/mol. The van der Waals surface area contributed by atoms with E-state index in [0.29, 0.717) is 5.69 Å². The predicted octanol–water partition coefficient (Wildman–Crippen LogP) is 1.62. The number of hydrazine groups is 1. The summed E-state index contributed by atoms with van der Waals surface area (Å²) in [6.07, 6.45) is 1.21. The molecule has 3 rings (SSSR count). The summed E-state index contributed by atoms with van der Waals surface area (Å²) in [5.41, 5.74) is 2.32. The highest BCUT2D eigenvalue weighted by Crippen LogP contribution is 2.39. The molecule has 0 aromatic heterocycles. The second-order valence-electron chi connectivity index (χ2n) is 6.17. The molecule has 0 unspecified atom stereocenters. The first kappa shape index (κ1) is 21.3. The molecular weight excluding hydrogens is 410 g/mol. The van der Waals surface area contributed by atoms with E-state index in [1.165, 1.54) is 19.3 Å². The minimum Gasteiger partial charge on any atom is -0.493 e. The normalized spacial score (nSPS) is 14.4. The number of amides is 2. The van der Waals surface area contributed by atoms with E-state index < -0.39 is 35.0 Å². The van der Waals surface area contributed by atoms with E-state index in [-0.39, 0.29) is 22.6 Å². The van der Waals surface area contributed by atoms with Crippen molar-refractivity contribution in [1.82, 2.24) is 5.43 Å². The summed E-state index contributed by atoms with van der Waals surface area (Å²) in [5, 5.41) is 12.6. The van der Waals surface area contributed by atoms with E-state index in [1.807, 2.05) is 0 Å². The molecule has 160 valence electrons. The number of nitro benzene ring substituents is 1. The Morgan fingerprint density at radius 3 is 2.52 bits per heavy atom. The van der Waals surface area contributed by atoms with Crippen molar-refractivity contribution in [3.63, 3.8) is 0 Å². The maximum atomic E-state index is 12.7. The highest BCUT2D eigenvalue weighted by atomic mass is 16.6. The molecule has 11 heteroatoms. The van der Waals surface area contributed by atoms with E-state index in [2.05, 4.69) is 10.2 Å². The molecule has 0 saturated carbocycles. The summed E-state index contributed by atoms with van der Waals surface area (Å²) < 4.78 is 14.8. The summed E-state index contributed by atoms with van der Waals surface area (Å²) >= 11 is 0. The first-order valence-electron chi connectivity index (χ1n) is 8.84. The number of nitrogens with zero attached hydrogens (tertiary/aromatic N) is 2. The molecule has 2 aromatic carbocycles. The Hall–Kier alpha value is -4.41.